The lowest BCUT2D eigenvalue weighted by molar-refractivity contribution is -0.0612. The number of piperidine rings is 1. The molecule has 2 aromatic carbocycles. The Morgan fingerprint density at radius 1 is 1.17 bits per heavy atom. The number of hydrogen-bond donors (Lipinski definition) is 2. The third-order valence-electron chi connectivity index (χ3n) is 5.98. The molecule has 150 valence electrons. The maximum absolute atomic E-state index is 13.3. The molecule has 2 N–H and O–H groups in total. The number of nitrogens with one attached hydrogen (secondary N) is 1. The van der Waals surface area contributed by atoms with E-state index in [1.54, 1.807) is 17.3 Å². The summed E-state index contributed by atoms with van der Waals surface area (Å²) in [7, 11) is 3.97. The minimum absolute atomic E-state index is 0.0866. The summed E-state index contributed by atoms with van der Waals surface area (Å²) < 4.78 is 0. The van der Waals surface area contributed by atoms with Crippen molar-refractivity contribution in [3.63, 3.8) is 0 Å². The van der Waals surface area contributed by atoms with E-state index in [0.29, 0.717) is 24.4 Å². The zero-order chi connectivity index (χ0) is 20.4. The van der Waals surface area contributed by atoms with E-state index < -0.39 is 11.6 Å². The zero-order valence-corrected chi connectivity index (χ0v) is 16.7. The number of amides is 1. The van der Waals surface area contributed by atoms with Crippen LogP contribution in [0.25, 0.3) is 11.4 Å². The van der Waals surface area contributed by atoms with Crippen LogP contribution >= 0.6 is 0 Å². The van der Waals surface area contributed by atoms with Crippen molar-refractivity contribution >= 4 is 5.91 Å². The average molecular weight is 390 g/mol. The van der Waals surface area contributed by atoms with Crippen molar-refractivity contribution in [1.29, 1.82) is 0 Å². The summed E-state index contributed by atoms with van der Waals surface area (Å²) in [5.41, 5.74) is 1.91. The van der Waals surface area contributed by atoms with E-state index >= 15 is 0 Å². The second kappa shape index (κ2) is 7.81. The fourth-order valence-corrected chi connectivity index (χ4v) is 4.41. The van der Waals surface area contributed by atoms with Crippen LogP contribution in [0, 0.1) is 0 Å². The summed E-state index contributed by atoms with van der Waals surface area (Å²) in [6.07, 6.45) is 3.37. The van der Waals surface area contributed by atoms with Gasteiger partial charge in [0.25, 0.3) is 5.91 Å². The van der Waals surface area contributed by atoms with E-state index in [4.69, 9.17) is 0 Å². The fraction of sp³-hybridized carbons (Fsp3) is 0.304. The highest BCUT2D eigenvalue weighted by Crippen LogP contribution is 2.38. The fourth-order valence-electron chi connectivity index (χ4n) is 4.41. The molecule has 6 nitrogen and oxygen atoms in total. The molecule has 2 heterocycles. The van der Waals surface area contributed by atoms with Crippen LogP contribution in [-0.2, 0) is 5.54 Å². The molecule has 3 aromatic rings. The number of benzene rings is 2. The molecular formula is C23H26N4O2. The Bertz CT molecular complexity index is 972. The summed E-state index contributed by atoms with van der Waals surface area (Å²) >= 11 is 0. The van der Waals surface area contributed by atoms with Crippen molar-refractivity contribution in [2.75, 3.05) is 27.2 Å². The number of aromatic nitrogens is 2. The maximum Gasteiger partial charge on any atom is 0.254 e. The van der Waals surface area contributed by atoms with Gasteiger partial charge in [-0.05, 0) is 32.1 Å². The smallest absolute Gasteiger partial charge is 0.254 e. The lowest BCUT2D eigenvalue weighted by atomic mass is 9.77. The Labute approximate surface area is 170 Å². The van der Waals surface area contributed by atoms with Gasteiger partial charge in [-0.15, -0.1) is 0 Å². The van der Waals surface area contributed by atoms with Crippen molar-refractivity contribution in [2.24, 2.45) is 0 Å². The van der Waals surface area contributed by atoms with Gasteiger partial charge < -0.3 is 15.0 Å². The highest BCUT2D eigenvalue weighted by Gasteiger charge is 2.46. The van der Waals surface area contributed by atoms with Crippen molar-refractivity contribution in [3.05, 3.63) is 78.1 Å². The summed E-state index contributed by atoms with van der Waals surface area (Å²) in [6.45, 7) is 0.841. The first-order valence-electron chi connectivity index (χ1n) is 9.83. The number of rotatable bonds is 4. The largest absolute Gasteiger partial charge is 0.389 e. The minimum atomic E-state index is -0.701. The van der Waals surface area contributed by atoms with E-state index in [-0.39, 0.29) is 12.5 Å². The number of β-amino-alcohol motifs (C(OH)–C–C–N with tert-alkyl or cyclic N) is 1. The number of aromatic amines is 1. The number of hydrogen-bond acceptors (Lipinski definition) is 4. The molecule has 0 bridgehead atoms. The Kier molecular flexibility index (Phi) is 5.22. The van der Waals surface area contributed by atoms with Gasteiger partial charge in [-0.3, -0.25) is 9.69 Å². The molecule has 4 rings (SSSR count). The Morgan fingerprint density at radius 3 is 2.55 bits per heavy atom. The SMILES string of the molecule is CN(C)[C@]1(c2ccccc2)CCN(C(=O)c2ccccc2-c2ncc[nH]2)C[C@H]1O. The number of aliphatic hydroxyl groups is 1. The van der Waals surface area contributed by atoms with Crippen molar-refractivity contribution in [3.8, 4) is 11.4 Å². The number of carbonyl (C=O) groups excluding carboxylic acids is 1. The third kappa shape index (κ3) is 3.34. The standard InChI is InChI=1S/C23H26N4O2/c1-26(2)23(17-8-4-3-5-9-17)12-15-27(16-20(23)28)22(29)19-11-7-6-10-18(19)21-24-13-14-25-21/h3-11,13-14,20,28H,12,15-16H2,1-2H3,(H,24,25)/t20-,23+/m1/s1. The van der Waals surface area contributed by atoms with Crippen LogP contribution in [0.2, 0.25) is 0 Å². The normalized spacial score (nSPS) is 22.1. The van der Waals surface area contributed by atoms with Crippen LogP contribution in [0.5, 0.6) is 0 Å². The maximum atomic E-state index is 13.3. The summed E-state index contributed by atoms with van der Waals surface area (Å²) in [6, 6.07) is 17.5. The number of carbonyl (C=O) groups is 1. The van der Waals surface area contributed by atoms with Crippen LogP contribution in [-0.4, -0.2) is 64.1 Å². The Hall–Kier alpha value is -2.96. The quantitative estimate of drug-likeness (QED) is 0.719. The van der Waals surface area contributed by atoms with E-state index in [1.807, 2.05) is 68.7 Å². The number of likely N-dealkylation sites (tertiary alicyclic amines) is 1. The van der Waals surface area contributed by atoms with Gasteiger partial charge in [0.15, 0.2) is 0 Å². The third-order valence-corrected chi connectivity index (χ3v) is 5.98. The van der Waals surface area contributed by atoms with Crippen LogP contribution in [0.3, 0.4) is 0 Å². The lowest BCUT2D eigenvalue weighted by Gasteiger charge is -2.49. The number of likely N-dealkylation sites (N-methyl/N-ethyl adjacent to an activating group) is 1. The average Bonchev–Trinajstić information content (AvgIpc) is 3.28. The topological polar surface area (TPSA) is 72.5 Å². The molecule has 6 heteroatoms. The predicted octanol–water partition coefficient (Wildman–Crippen LogP) is 2.74. The molecule has 1 aliphatic rings. The molecule has 0 saturated carbocycles. The van der Waals surface area contributed by atoms with Gasteiger partial charge in [0.2, 0.25) is 0 Å². The number of imidazole rings is 1. The summed E-state index contributed by atoms with van der Waals surface area (Å²) in [4.78, 5) is 24.5. The Balaban J connectivity index is 1.62. The van der Waals surface area contributed by atoms with Crippen LogP contribution in [0.1, 0.15) is 22.3 Å². The van der Waals surface area contributed by atoms with Gasteiger partial charge >= 0.3 is 0 Å². The highest BCUT2D eigenvalue weighted by atomic mass is 16.3. The molecule has 29 heavy (non-hydrogen) atoms. The number of H-pyrrole nitrogens is 1. The van der Waals surface area contributed by atoms with Gasteiger partial charge in [0.1, 0.15) is 5.82 Å². The van der Waals surface area contributed by atoms with Crippen LogP contribution < -0.4 is 0 Å². The highest BCUT2D eigenvalue weighted by molar-refractivity contribution is 6.00. The lowest BCUT2D eigenvalue weighted by Crippen LogP contribution is -2.60. The van der Waals surface area contributed by atoms with Crippen LogP contribution in [0.4, 0.5) is 0 Å². The van der Waals surface area contributed by atoms with Crippen molar-refractivity contribution in [1.82, 2.24) is 19.8 Å². The molecule has 2 atom stereocenters. The molecule has 0 aliphatic carbocycles. The van der Waals surface area contributed by atoms with Crippen molar-refractivity contribution in [2.45, 2.75) is 18.1 Å². The molecule has 1 amide bonds. The van der Waals surface area contributed by atoms with E-state index in [1.165, 1.54) is 0 Å². The zero-order valence-electron chi connectivity index (χ0n) is 16.7. The molecular weight excluding hydrogens is 364 g/mol. The first kappa shape index (κ1) is 19.4. The second-order valence-electron chi connectivity index (χ2n) is 7.69. The monoisotopic (exact) mass is 390 g/mol. The Morgan fingerprint density at radius 2 is 1.90 bits per heavy atom. The van der Waals surface area contributed by atoms with Crippen molar-refractivity contribution < 1.29 is 9.90 Å². The minimum Gasteiger partial charge on any atom is -0.389 e. The van der Waals surface area contributed by atoms with E-state index in [0.717, 1.165) is 11.1 Å². The van der Waals surface area contributed by atoms with Gasteiger partial charge in [-0.2, -0.15) is 0 Å². The second-order valence-corrected chi connectivity index (χ2v) is 7.69. The van der Waals surface area contributed by atoms with Gasteiger partial charge in [-0.25, -0.2) is 4.98 Å². The molecule has 1 saturated heterocycles. The molecule has 0 unspecified atom stereocenters. The predicted molar refractivity (Wildman–Crippen MR) is 112 cm³/mol. The van der Waals surface area contributed by atoms with Gasteiger partial charge in [-0.1, -0.05) is 48.5 Å². The summed E-state index contributed by atoms with van der Waals surface area (Å²) in [5, 5.41) is 11.2. The first-order valence-corrected chi connectivity index (χ1v) is 9.83. The number of aliphatic hydroxyl groups excluding tert-OH is 1. The van der Waals surface area contributed by atoms with Crippen LogP contribution in [0.15, 0.2) is 67.0 Å². The summed E-state index contributed by atoms with van der Waals surface area (Å²) in [5.74, 6) is 0.579. The molecule has 0 spiro atoms. The molecule has 1 aromatic heterocycles. The molecule has 1 aliphatic heterocycles. The molecule has 1 fully saturated rings. The number of nitrogens with zero attached hydrogens (tertiary/aromatic N) is 3. The van der Waals surface area contributed by atoms with E-state index in [2.05, 4.69) is 14.9 Å². The van der Waals surface area contributed by atoms with E-state index in [9.17, 15) is 9.90 Å². The van der Waals surface area contributed by atoms with Gasteiger partial charge in [0, 0.05) is 31.0 Å². The molecule has 0 radical (unpaired) electrons. The first-order chi connectivity index (χ1) is 14.0. The van der Waals surface area contributed by atoms with Gasteiger partial charge in [0.05, 0.1) is 17.2 Å².